The molecule has 2 aromatic rings. The first kappa shape index (κ1) is 14.3. The molecule has 0 saturated heterocycles. The third-order valence-electron chi connectivity index (χ3n) is 3.84. The van der Waals surface area contributed by atoms with Gasteiger partial charge in [-0.15, -0.1) is 0 Å². The van der Waals surface area contributed by atoms with Gasteiger partial charge in [-0.2, -0.15) is 0 Å². The Morgan fingerprint density at radius 2 is 1.48 bits per heavy atom. The van der Waals surface area contributed by atoms with Crippen LogP contribution in [-0.2, 0) is 9.84 Å². The molecule has 21 heavy (non-hydrogen) atoms. The predicted molar refractivity (Wildman–Crippen MR) is 86.0 cm³/mol. The summed E-state index contributed by atoms with van der Waals surface area (Å²) in [5.74, 6) is 0.147. The fourth-order valence-corrected chi connectivity index (χ4v) is 4.13. The molecule has 0 heterocycles. The van der Waals surface area contributed by atoms with Gasteiger partial charge >= 0.3 is 0 Å². The Bertz CT molecular complexity index is 722. The van der Waals surface area contributed by atoms with Crippen LogP contribution in [0.25, 0.3) is 11.1 Å². The van der Waals surface area contributed by atoms with Crippen LogP contribution < -0.4 is 5.32 Å². The Balaban J connectivity index is 1.96. The van der Waals surface area contributed by atoms with E-state index in [-0.39, 0.29) is 17.8 Å². The molecule has 0 bridgehead atoms. The van der Waals surface area contributed by atoms with Gasteiger partial charge in [0, 0.05) is 12.3 Å². The number of benzene rings is 2. The Labute approximate surface area is 125 Å². The lowest BCUT2D eigenvalue weighted by Crippen LogP contribution is -2.35. The summed E-state index contributed by atoms with van der Waals surface area (Å²) in [6.45, 7) is 1.92. The minimum atomic E-state index is -2.98. The number of hydrogen-bond donors (Lipinski definition) is 1. The molecule has 3 rings (SSSR count). The summed E-state index contributed by atoms with van der Waals surface area (Å²) in [7, 11) is -2.98. The number of rotatable bonds is 4. The van der Waals surface area contributed by atoms with Crippen molar-refractivity contribution in [1.82, 2.24) is 5.32 Å². The first-order valence-corrected chi connectivity index (χ1v) is 9.14. The van der Waals surface area contributed by atoms with Crippen molar-refractivity contribution in [2.24, 2.45) is 0 Å². The first-order valence-electron chi connectivity index (χ1n) is 7.08. The van der Waals surface area contributed by atoms with Crippen molar-refractivity contribution >= 4 is 9.84 Å². The summed E-state index contributed by atoms with van der Waals surface area (Å²) in [5.41, 5.74) is 4.91. The van der Waals surface area contributed by atoms with E-state index in [0.717, 1.165) is 0 Å². The molecule has 0 amide bonds. The fourth-order valence-electron chi connectivity index (χ4n) is 3.12. The van der Waals surface area contributed by atoms with Crippen LogP contribution in [0.5, 0.6) is 0 Å². The van der Waals surface area contributed by atoms with E-state index >= 15 is 0 Å². The lowest BCUT2D eigenvalue weighted by molar-refractivity contribution is 0.525. The van der Waals surface area contributed by atoms with Gasteiger partial charge in [-0.25, -0.2) is 8.42 Å². The summed E-state index contributed by atoms with van der Waals surface area (Å²) >= 11 is 0. The number of sulfone groups is 1. The molecule has 0 saturated carbocycles. The van der Waals surface area contributed by atoms with Gasteiger partial charge in [-0.05, 0) is 29.2 Å². The molecule has 3 nitrogen and oxygen atoms in total. The fraction of sp³-hybridized carbons (Fsp3) is 0.294. The lowest BCUT2D eigenvalue weighted by Gasteiger charge is -2.21. The molecule has 0 aromatic heterocycles. The van der Waals surface area contributed by atoms with Gasteiger partial charge in [0.15, 0.2) is 0 Å². The zero-order chi connectivity index (χ0) is 15.0. The highest BCUT2D eigenvalue weighted by Crippen LogP contribution is 2.43. The average molecular weight is 301 g/mol. The molecule has 1 N–H and O–H groups in total. The molecule has 0 aliphatic heterocycles. The molecule has 0 radical (unpaired) electrons. The molecule has 1 aliphatic carbocycles. The Kier molecular flexibility index (Phi) is 3.59. The van der Waals surface area contributed by atoms with Gasteiger partial charge in [-0.3, -0.25) is 0 Å². The van der Waals surface area contributed by atoms with Crippen molar-refractivity contribution in [3.05, 3.63) is 59.7 Å². The summed E-state index contributed by atoms with van der Waals surface area (Å²) in [4.78, 5) is 0. The minimum Gasteiger partial charge on any atom is -0.303 e. The summed E-state index contributed by atoms with van der Waals surface area (Å²) in [6, 6.07) is 16.6. The highest BCUT2D eigenvalue weighted by molar-refractivity contribution is 7.90. The van der Waals surface area contributed by atoms with Crippen LogP contribution in [0, 0.1) is 0 Å². The molecule has 110 valence electrons. The van der Waals surface area contributed by atoms with E-state index in [0.29, 0.717) is 0 Å². The summed E-state index contributed by atoms with van der Waals surface area (Å²) in [6.07, 6.45) is 1.28. The van der Waals surface area contributed by atoms with Crippen molar-refractivity contribution in [2.45, 2.75) is 19.0 Å². The quantitative estimate of drug-likeness (QED) is 0.944. The van der Waals surface area contributed by atoms with Crippen molar-refractivity contribution in [1.29, 1.82) is 0 Å². The normalized spacial score (nSPS) is 15.5. The van der Waals surface area contributed by atoms with E-state index in [1.807, 2.05) is 31.2 Å². The van der Waals surface area contributed by atoms with E-state index in [2.05, 4.69) is 29.6 Å². The standard InChI is InChI=1S/C17H19NO2S/c1-12(11-21(2,19)20)18-17-15-9-5-3-7-13(15)14-8-4-6-10-16(14)17/h3-10,12,17-18H,11H2,1-2H3. The third-order valence-corrected chi connectivity index (χ3v) is 4.94. The second-order valence-electron chi connectivity index (χ2n) is 5.77. The number of nitrogens with one attached hydrogen (secondary N) is 1. The van der Waals surface area contributed by atoms with Crippen LogP contribution in [0.1, 0.15) is 24.1 Å². The van der Waals surface area contributed by atoms with Crippen LogP contribution >= 0.6 is 0 Å². The van der Waals surface area contributed by atoms with E-state index in [9.17, 15) is 8.42 Å². The molecule has 0 spiro atoms. The third kappa shape index (κ3) is 2.87. The first-order chi connectivity index (χ1) is 9.96. The zero-order valence-corrected chi connectivity index (χ0v) is 13.0. The molecule has 1 unspecified atom stereocenters. The molecule has 1 atom stereocenters. The summed E-state index contributed by atoms with van der Waals surface area (Å²) < 4.78 is 22.9. The van der Waals surface area contributed by atoms with Crippen LogP contribution in [0.2, 0.25) is 0 Å². The second kappa shape index (κ2) is 5.28. The molecule has 4 heteroatoms. The Hall–Kier alpha value is -1.65. The monoisotopic (exact) mass is 301 g/mol. The van der Waals surface area contributed by atoms with E-state index in [1.165, 1.54) is 28.5 Å². The van der Waals surface area contributed by atoms with Gasteiger partial charge < -0.3 is 5.32 Å². The van der Waals surface area contributed by atoms with Gasteiger partial charge in [0.05, 0.1) is 11.8 Å². The maximum Gasteiger partial charge on any atom is 0.148 e. The van der Waals surface area contributed by atoms with Crippen LogP contribution in [0.4, 0.5) is 0 Å². The maximum atomic E-state index is 11.5. The van der Waals surface area contributed by atoms with Crippen molar-refractivity contribution in [3.8, 4) is 11.1 Å². The Morgan fingerprint density at radius 1 is 1.00 bits per heavy atom. The highest BCUT2D eigenvalue weighted by atomic mass is 32.2. The number of hydrogen-bond acceptors (Lipinski definition) is 3. The molecular formula is C17H19NO2S. The van der Waals surface area contributed by atoms with Gasteiger partial charge in [-0.1, -0.05) is 48.5 Å². The van der Waals surface area contributed by atoms with Crippen LogP contribution in [-0.4, -0.2) is 26.5 Å². The van der Waals surface area contributed by atoms with Crippen LogP contribution in [0.3, 0.4) is 0 Å². The largest absolute Gasteiger partial charge is 0.303 e. The SMILES string of the molecule is CC(CS(C)(=O)=O)NC1c2ccccc2-c2ccccc21. The van der Waals surface area contributed by atoms with Crippen LogP contribution in [0.15, 0.2) is 48.5 Å². The molecular weight excluding hydrogens is 282 g/mol. The van der Waals surface area contributed by atoms with E-state index in [1.54, 1.807) is 0 Å². The highest BCUT2D eigenvalue weighted by Gasteiger charge is 2.29. The minimum absolute atomic E-state index is 0.0640. The Morgan fingerprint density at radius 3 is 1.95 bits per heavy atom. The maximum absolute atomic E-state index is 11.5. The molecule has 2 aromatic carbocycles. The molecule has 1 aliphatic rings. The van der Waals surface area contributed by atoms with Crippen molar-refractivity contribution in [2.75, 3.05) is 12.0 Å². The lowest BCUT2D eigenvalue weighted by atomic mass is 10.0. The number of fused-ring (bicyclic) bond motifs is 3. The van der Waals surface area contributed by atoms with E-state index in [4.69, 9.17) is 0 Å². The molecule has 0 fully saturated rings. The summed E-state index contributed by atoms with van der Waals surface area (Å²) in [5, 5.41) is 3.47. The zero-order valence-electron chi connectivity index (χ0n) is 12.2. The average Bonchev–Trinajstić information content (AvgIpc) is 2.72. The topological polar surface area (TPSA) is 46.2 Å². The predicted octanol–water partition coefficient (Wildman–Crippen LogP) is 2.78. The second-order valence-corrected chi connectivity index (χ2v) is 7.95. The van der Waals surface area contributed by atoms with Gasteiger partial charge in [0.2, 0.25) is 0 Å². The van der Waals surface area contributed by atoms with E-state index < -0.39 is 9.84 Å². The van der Waals surface area contributed by atoms with Crippen molar-refractivity contribution in [3.63, 3.8) is 0 Å². The van der Waals surface area contributed by atoms with Crippen molar-refractivity contribution < 1.29 is 8.42 Å². The smallest absolute Gasteiger partial charge is 0.148 e. The van der Waals surface area contributed by atoms with Gasteiger partial charge in [0.25, 0.3) is 0 Å². The van der Waals surface area contributed by atoms with Gasteiger partial charge in [0.1, 0.15) is 9.84 Å².